The van der Waals surface area contributed by atoms with Crippen LogP contribution in [-0.2, 0) is 4.79 Å². The summed E-state index contributed by atoms with van der Waals surface area (Å²) < 4.78 is 5.71. The smallest absolute Gasteiger partial charge is 0.270 e. The van der Waals surface area contributed by atoms with Crippen LogP contribution < -0.4 is 10.1 Å². The molecule has 6 nitrogen and oxygen atoms in total. The van der Waals surface area contributed by atoms with Crippen LogP contribution in [0.4, 0.5) is 11.4 Å². The van der Waals surface area contributed by atoms with Crippen molar-refractivity contribution in [1.29, 1.82) is 0 Å². The molecule has 142 valence electrons. The number of nitro groups is 1. The predicted molar refractivity (Wildman–Crippen MR) is 107 cm³/mol. The summed E-state index contributed by atoms with van der Waals surface area (Å²) in [6.45, 7) is 2.82. The van der Waals surface area contributed by atoms with E-state index in [0.717, 1.165) is 12.8 Å². The van der Waals surface area contributed by atoms with Gasteiger partial charge in [-0.25, -0.2) is 0 Å². The number of amides is 1. The number of unbranched alkanes of at least 4 members (excludes halogenated alkanes) is 3. The largest absolute Gasteiger partial charge is 0.494 e. The molecule has 2 aromatic rings. The third kappa shape index (κ3) is 7.32. The van der Waals surface area contributed by atoms with E-state index in [0.29, 0.717) is 23.6 Å². The number of hydrogen-bond acceptors (Lipinski definition) is 4. The fraction of sp³-hybridized carbons (Fsp3) is 0.286. The van der Waals surface area contributed by atoms with Gasteiger partial charge in [0.15, 0.2) is 0 Å². The molecular formula is C21H24N2O4. The highest BCUT2D eigenvalue weighted by Crippen LogP contribution is 2.18. The Bertz CT molecular complexity index is 802. The Morgan fingerprint density at radius 3 is 2.74 bits per heavy atom. The van der Waals surface area contributed by atoms with E-state index in [2.05, 4.69) is 12.2 Å². The number of carbonyl (C=O) groups excluding carboxylic acids is 1. The molecule has 6 heteroatoms. The lowest BCUT2D eigenvalue weighted by Crippen LogP contribution is -2.08. The summed E-state index contributed by atoms with van der Waals surface area (Å²) in [5, 5.41) is 13.5. The lowest BCUT2D eigenvalue weighted by atomic mass is 10.2. The first-order valence-corrected chi connectivity index (χ1v) is 9.05. The molecule has 1 amide bonds. The Hall–Kier alpha value is -3.15. The van der Waals surface area contributed by atoms with Crippen LogP contribution in [0.2, 0.25) is 0 Å². The first kappa shape index (κ1) is 20.2. The number of non-ortho nitro benzene ring substituents is 1. The second kappa shape index (κ2) is 10.8. The van der Waals surface area contributed by atoms with Crippen molar-refractivity contribution in [3.8, 4) is 5.75 Å². The van der Waals surface area contributed by atoms with Crippen molar-refractivity contribution < 1.29 is 14.5 Å². The van der Waals surface area contributed by atoms with E-state index in [1.165, 1.54) is 37.1 Å². The fourth-order valence-electron chi connectivity index (χ4n) is 2.48. The van der Waals surface area contributed by atoms with Crippen LogP contribution in [-0.4, -0.2) is 17.4 Å². The van der Waals surface area contributed by atoms with Crippen LogP contribution in [0.3, 0.4) is 0 Å². The van der Waals surface area contributed by atoms with Gasteiger partial charge in [-0.3, -0.25) is 14.9 Å². The van der Waals surface area contributed by atoms with Crippen molar-refractivity contribution in [2.75, 3.05) is 11.9 Å². The van der Waals surface area contributed by atoms with Gasteiger partial charge in [0.25, 0.3) is 5.69 Å². The third-order valence-corrected chi connectivity index (χ3v) is 3.88. The number of anilines is 1. The fourth-order valence-corrected chi connectivity index (χ4v) is 2.48. The van der Waals surface area contributed by atoms with E-state index in [4.69, 9.17) is 4.74 Å². The third-order valence-electron chi connectivity index (χ3n) is 3.88. The molecule has 2 aromatic carbocycles. The number of nitro benzene ring substituents is 1. The van der Waals surface area contributed by atoms with Crippen molar-refractivity contribution in [3.63, 3.8) is 0 Å². The molecule has 0 fully saturated rings. The van der Waals surface area contributed by atoms with Crippen molar-refractivity contribution in [2.45, 2.75) is 32.6 Å². The van der Waals surface area contributed by atoms with E-state index in [1.54, 1.807) is 24.3 Å². The van der Waals surface area contributed by atoms with Gasteiger partial charge in [-0.15, -0.1) is 0 Å². The Morgan fingerprint density at radius 2 is 1.96 bits per heavy atom. The standard InChI is InChI=1S/C21H24N2O4/c1-2-3-4-5-14-27-20-11-7-9-18(16-20)22-21(24)13-12-17-8-6-10-19(15-17)23(25)26/h6-13,15-16H,2-5,14H2,1H3,(H,22,24)/b13-12+. The molecule has 27 heavy (non-hydrogen) atoms. The second-order valence-corrected chi connectivity index (χ2v) is 6.11. The van der Waals surface area contributed by atoms with E-state index in [-0.39, 0.29) is 11.6 Å². The minimum atomic E-state index is -0.467. The van der Waals surface area contributed by atoms with Crippen LogP contribution in [0, 0.1) is 10.1 Å². The lowest BCUT2D eigenvalue weighted by molar-refractivity contribution is -0.384. The molecule has 0 aliphatic carbocycles. The van der Waals surface area contributed by atoms with Crippen molar-refractivity contribution in [2.24, 2.45) is 0 Å². The van der Waals surface area contributed by atoms with Gasteiger partial charge in [-0.1, -0.05) is 44.4 Å². The first-order chi connectivity index (χ1) is 13.1. The molecule has 1 N–H and O–H groups in total. The van der Waals surface area contributed by atoms with Gasteiger partial charge in [-0.05, 0) is 30.2 Å². The average Bonchev–Trinajstić information content (AvgIpc) is 2.67. The molecule has 0 radical (unpaired) electrons. The highest BCUT2D eigenvalue weighted by Gasteiger charge is 2.05. The monoisotopic (exact) mass is 368 g/mol. The van der Waals surface area contributed by atoms with Gasteiger partial charge in [0.05, 0.1) is 11.5 Å². The normalized spacial score (nSPS) is 10.7. The zero-order valence-corrected chi connectivity index (χ0v) is 15.4. The maximum absolute atomic E-state index is 12.1. The number of carbonyl (C=O) groups is 1. The molecule has 0 saturated heterocycles. The SMILES string of the molecule is CCCCCCOc1cccc(NC(=O)/C=C/c2cccc([N+](=O)[O-])c2)c1. The Labute approximate surface area is 159 Å². The number of benzene rings is 2. The molecule has 0 heterocycles. The minimum absolute atomic E-state index is 0.0126. The lowest BCUT2D eigenvalue weighted by Gasteiger charge is -2.08. The van der Waals surface area contributed by atoms with Crippen molar-refractivity contribution in [3.05, 3.63) is 70.3 Å². The van der Waals surface area contributed by atoms with Crippen LogP contribution in [0.5, 0.6) is 5.75 Å². The maximum Gasteiger partial charge on any atom is 0.270 e. The van der Waals surface area contributed by atoms with Crippen LogP contribution in [0.25, 0.3) is 6.08 Å². The van der Waals surface area contributed by atoms with Crippen LogP contribution in [0.15, 0.2) is 54.6 Å². The highest BCUT2D eigenvalue weighted by molar-refractivity contribution is 6.02. The topological polar surface area (TPSA) is 81.5 Å². The summed E-state index contributed by atoms with van der Waals surface area (Å²) in [6.07, 6.45) is 7.43. The Balaban J connectivity index is 1.89. The zero-order chi connectivity index (χ0) is 19.5. The van der Waals surface area contributed by atoms with Gasteiger partial charge in [0.1, 0.15) is 5.75 Å². The zero-order valence-electron chi connectivity index (χ0n) is 15.4. The van der Waals surface area contributed by atoms with E-state index >= 15 is 0 Å². The van der Waals surface area contributed by atoms with E-state index in [1.807, 2.05) is 12.1 Å². The molecule has 0 aliphatic rings. The molecule has 2 rings (SSSR count). The Kier molecular flexibility index (Phi) is 8.03. The summed E-state index contributed by atoms with van der Waals surface area (Å²) in [7, 11) is 0. The van der Waals surface area contributed by atoms with Crippen molar-refractivity contribution in [1.82, 2.24) is 0 Å². The molecule has 0 aromatic heterocycles. The average molecular weight is 368 g/mol. The summed E-state index contributed by atoms with van der Waals surface area (Å²) in [6, 6.07) is 13.3. The minimum Gasteiger partial charge on any atom is -0.494 e. The molecule has 0 atom stereocenters. The number of rotatable bonds is 10. The van der Waals surface area contributed by atoms with Gasteiger partial charge in [0.2, 0.25) is 5.91 Å². The first-order valence-electron chi connectivity index (χ1n) is 9.05. The second-order valence-electron chi connectivity index (χ2n) is 6.11. The number of hydrogen-bond donors (Lipinski definition) is 1. The van der Waals surface area contributed by atoms with E-state index in [9.17, 15) is 14.9 Å². The maximum atomic E-state index is 12.1. The Morgan fingerprint density at radius 1 is 1.15 bits per heavy atom. The van der Waals surface area contributed by atoms with Gasteiger partial charge >= 0.3 is 0 Å². The molecular weight excluding hydrogens is 344 g/mol. The predicted octanol–water partition coefficient (Wildman–Crippen LogP) is 5.21. The summed E-state index contributed by atoms with van der Waals surface area (Å²) in [5.41, 5.74) is 1.21. The molecule has 0 unspecified atom stereocenters. The van der Waals surface area contributed by atoms with Gasteiger partial charge in [-0.2, -0.15) is 0 Å². The summed E-state index contributed by atoms with van der Waals surface area (Å²) in [5.74, 6) is 0.397. The van der Waals surface area contributed by atoms with Crippen molar-refractivity contribution >= 4 is 23.4 Å². The van der Waals surface area contributed by atoms with E-state index < -0.39 is 4.92 Å². The van der Waals surface area contributed by atoms with Gasteiger partial charge < -0.3 is 10.1 Å². The summed E-state index contributed by atoms with van der Waals surface area (Å²) in [4.78, 5) is 22.4. The van der Waals surface area contributed by atoms with Crippen LogP contribution >= 0.6 is 0 Å². The highest BCUT2D eigenvalue weighted by atomic mass is 16.6. The summed E-state index contributed by atoms with van der Waals surface area (Å²) >= 11 is 0. The van der Waals surface area contributed by atoms with Crippen LogP contribution in [0.1, 0.15) is 38.2 Å². The molecule has 0 aliphatic heterocycles. The molecule has 0 bridgehead atoms. The van der Waals surface area contributed by atoms with Gasteiger partial charge in [0, 0.05) is 30.0 Å². The quantitative estimate of drug-likeness (QED) is 0.270. The molecule has 0 spiro atoms. The number of nitrogens with one attached hydrogen (secondary N) is 1. The number of nitrogens with zero attached hydrogens (tertiary/aromatic N) is 1. The molecule has 0 saturated carbocycles. The number of ether oxygens (including phenoxy) is 1.